The number of anilines is 1. The zero-order valence-electron chi connectivity index (χ0n) is 9.49. The Hall–Kier alpha value is -2.56. The highest BCUT2D eigenvalue weighted by Crippen LogP contribution is 2.33. The maximum atomic E-state index is 12.7. The Morgan fingerprint density at radius 1 is 1.37 bits per heavy atom. The van der Waals surface area contributed by atoms with Crippen LogP contribution in [0.1, 0.15) is 17.0 Å². The molecule has 1 aromatic heterocycles. The summed E-state index contributed by atoms with van der Waals surface area (Å²) in [6.07, 6.45) is -3.26. The van der Waals surface area contributed by atoms with Gasteiger partial charge in [-0.1, -0.05) is 0 Å². The van der Waals surface area contributed by atoms with Crippen molar-refractivity contribution in [3.8, 4) is 6.07 Å². The lowest BCUT2D eigenvalue weighted by molar-refractivity contribution is -0.137. The highest BCUT2D eigenvalue weighted by Gasteiger charge is 2.33. The van der Waals surface area contributed by atoms with E-state index in [1.165, 1.54) is 18.5 Å². The number of aromatic amines is 1. The van der Waals surface area contributed by atoms with Gasteiger partial charge in [-0.3, -0.25) is 5.10 Å². The molecule has 1 heterocycles. The van der Waals surface area contributed by atoms with Crippen molar-refractivity contribution in [3.63, 3.8) is 0 Å². The molecule has 0 atom stereocenters. The van der Waals surface area contributed by atoms with Crippen molar-refractivity contribution in [2.24, 2.45) is 0 Å². The van der Waals surface area contributed by atoms with E-state index in [1.54, 1.807) is 0 Å². The molecule has 0 aliphatic carbocycles. The van der Waals surface area contributed by atoms with Gasteiger partial charge < -0.3 is 5.32 Å². The Bertz CT molecular complexity index is 598. The Kier molecular flexibility index (Phi) is 3.37. The van der Waals surface area contributed by atoms with E-state index < -0.39 is 17.3 Å². The summed E-state index contributed by atoms with van der Waals surface area (Å²) in [5, 5.41) is 17.6. The van der Waals surface area contributed by atoms with Gasteiger partial charge in [-0.05, 0) is 18.2 Å². The molecule has 0 spiro atoms. The van der Waals surface area contributed by atoms with Crippen molar-refractivity contribution in [1.82, 2.24) is 15.2 Å². The summed E-state index contributed by atoms with van der Waals surface area (Å²) in [6, 6.07) is 4.96. The van der Waals surface area contributed by atoms with Crippen LogP contribution in [0.4, 0.5) is 18.9 Å². The van der Waals surface area contributed by atoms with Gasteiger partial charge in [-0.2, -0.15) is 23.5 Å². The summed E-state index contributed by atoms with van der Waals surface area (Å²) in [5.74, 6) is 0.498. The smallest absolute Gasteiger partial charge is 0.378 e. The van der Waals surface area contributed by atoms with E-state index in [2.05, 4.69) is 20.5 Å². The third kappa shape index (κ3) is 3.01. The third-order valence-electron chi connectivity index (χ3n) is 2.37. The standard InChI is InChI=1S/C11H8F3N5/c12-11(13,14)9-3-8(2-1-7(9)4-15)16-5-10-17-6-18-19-10/h1-3,6,16H,5H2,(H,17,18,19). The molecule has 2 N–H and O–H groups in total. The van der Waals surface area contributed by atoms with Crippen molar-refractivity contribution >= 4 is 5.69 Å². The summed E-state index contributed by atoms with van der Waals surface area (Å²) in [5.41, 5.74) is -1.11. The first-order valence-corrected chi connectivity index (χ1v) is 5.20. The Balaban J connectivity index is 2.21. The van der Waals surface area contributed by atoms with Crippen LogP contribution in [0.15, 0.2) is 24.5 Å². The zero-order valence-corrected chi connectivity index (χ0v) is 9.49. The lowest BCUT2D eigenvalue weighted by Gasteiger charge is -2.11. The zero-order chi connectivity index (χ0) is 13.9. The fourth-order valence-corrected chi connectivity index (χ4v) is 1.49. The SMILES string of the molecule is N#Cc1ccc(NCc2ncn[nH]2)cc1C(F)(F)F. The van der Waals surface area contributed by atoms with Gasteiger partial charge in [0.2, 0.25) is 0 Å². The summed E-state index contributed by atoms with van der Waals surface area (Å²) in [6.45, 7) is 0.212. The fourth-order valence-electron chi connectivity index (χ4n) is 1.49. The van der Waals surface area contributed by atoms with Gasteiger partial charge in [-0.15, -0.1) is 0 Å². The average Bonchev–Trinajstić information content (AvgIpc) is 2.88. The number of nitrogens with one attached hydrogen (secondary N) is 2. The van der Waals surface area contributed by atoms with Gasteiger partial charge in [-0.25, -0.2) is 4.98 Å². The first-order valence-electron chi connectivity index (χ1n) is 5.20. The van der Waals surface area contributed by atoms with Crippen molar-refractivity contribution in [2.45, 2.75) is 12.7 Å². The number of rotatable bonds is 3. The summed E-state index contributed by atoms with van der Waals surface area (Å²) < 4.78 is 38.2. The number of alkyl halides is 3. The largest absolute Gasteiger partial charge is 0.417 e. The van der Waals surface area contributed by atoms with Crippen LogP contribution >= 0.6 is 0 Å². The van der Waals surface area contributed by atoms with Gasteiger partial charge in [0.15, 0.2) is 0 Å². The quantitative estimate of drug-likeness (QED) is 0.894. The molecular weight excluding hydrogens is 259 g/mol. The molecular formula is C11H8F3N5. The number of hydrogen-bond donors (Lipinski definition) is 2. The first-order chi connectivity index (χ1) is 9.00. The molecule has 2 rings (SSSR count). The second kappa shape index (κ2) is 4.97. The number of halogens is 3. The summed E-state index contributed by atoms with van der Waals surface area (Å²) in [4.78, 5) is 3.83. The van der Waals surface area contributed by atoms with Crippen molar-refractivity contribution in [3.05, 3.63) is 41.5 Å². The topological polar surface area (TPSA) is 77.4 Å². The van der Waals surface area contributed by atoms with Crippen LogP contribution in [-0.2, 0) is 12.7 Å². The van der Waals surface area contributed by atoms with E-state index in [0.29, 0.717) is 5.82 Å². The molecule has 2 aromatic rings. The Labute approximate surface area is 106 Å². The van der Waals surface area contributed by atoms with E-state index in [-0.39, 0.29) is 12.2 Å². The Morgan fingerprint density at radius 2 is 2.16 bits per heavy atom. The first kappa shape index (κ1) is 12.9. The lowest BCUT2D eigenvalue weighted by Crippen LogP contribution is -2.09. The predicted molar refractivity (Wildman–Crippen MR) is 59.9 cm³/mol. The number of hydrogen-bond acceptors (Lipinski definition) is 4. The van der Waals surface area contributed by atoms with Crippen LogP contribution in [0.3, 0.4) is 0 Å². The lowest BCUT2D eigenvalue weighted by atomic mass is 10.1. The molecule has 0 fully saturated rings. The van der Waals surface area contributed by atoms with Crippen LogP contribution < -0.4 is 5.32 Å². The molecule has 0 radical (unpaired) electrons. The number of aromatic nitrogens is 3. The van der Waals surface area contributed by atoms with Crippen molar-refractivity contribution < 1.29 is 13.2 Å². The molecule has 0 aliphatic rings. The van der Waals surface area contributed by atoms with Crippen molar-refractivity contribution in [2.75, 3.05) is 5.32 Å². The van der Waals surface area contributed by atoms with Crippen LogP contribution in [-0.4, -0.2) is 15.2 Å². The van der Waals surface area contributed by atoms with Gasteiger partial charge in [0.05, 0.1) is 23.7 Å². The number of nitriles is 1. The minimum Gasteiger partial charge on any atom is -0.378 e. The predicted octanol–water partition coefficient (Wildman–Crippen LogP) is 2.31. The van der Waals surface area contributed by atoms with Crippen LogP contribution in [0.25, 0.3) is 0 Å². The monoisotopic (exact) mass is 267 g/mol. The molecule has 0 amide bonds. The third-order valence-corrected chi connectivity index (χ3v) is 2.37. The van der Waals surface area contributed by atoms with Gasteiger partial charge >= 0.3 is 6.18 Å². The molecule has 1 aromatic carbocycles. The fraction of sp³-hybridized carbons (Fsp3) is 0.182. The summed E-state index contributed by atoms with van der Waals surface area (Å²) >= 11 is 0. The molecule has 0 bridgehead atoms. The van der Waals surface area contributed by atoms with E-state index in [9.17, 15) is 13.2 Å². The van der Waals surface area contributed by atoms with Gasteiger partial charge in [0.1, 0.15) is 12.2 Å². The highest BCUT2D eigenvalue weighted by atomic mass is 19.4. The molecule has 0 saturated carbocycles. The number of benzene rings is 1. The normalized spacial score (nSPS) is 11.1. The molecule has 0 aliphatic heterocycles. The van der Waals surface area contributed by atoms with E-state index in [4.69, 9.17) is 5.26 Å². The molecule has 19 heavy (non-hydrogen) atoms. The Morgan fingerprint density at radius 3 is 2.74 bits per heavy atom. The second-order valence-electron chi connectivity index (χ2n) is 3.66. The molecule has 98 valence electrons. The number of H-pyrrole nitrogens is 1. The molecule has 5 nitrogen and oxygen atoms in total. The second-order valence-corrected chi connectivity index (χ2v) is 3.66. The molecule has 8 heteroatoms. The maximum Gasteiger partial charge on any atom is 0.417 e. The minimum atomic E-state index is -4.56. The van der Waals surface area contributed by atoms with E-state index in [0.717, 1.165) is 12.1 Å². The van der Waals surface area contributed by atoms with Gasteiger partial charge in [0, 0.05) is 5.69 Å². The van der Waals surface area contributed by atoms with E-state index in [1.807, 2.05) is 0 Å². The minimum absolute atomic E-state index is 0.212. The summed E-state index contributed by atoms with van der Waals surface area (Å²) in [7, 11) is 0. The van der Waals surface area contributed by atoms with Crippen LogP contribution in [0.2, 0.25) is 0 Å². The van der Waals surface area contributed by atoms with Gasteiger partial charge in [0.25, 0.3) is 0 Å². The maximum absolute atomic E-state index is 12.7. The molecule has 0 unspecified atom stereocenters. The molecule has 0 saturated heterocycles. The van der Waals surface area contributed by atoms with Crippen molar-refractivity contribution in [1.29, 1.82) is 5.26 Å². The average molecular weight is 267 g/mol. The van der Waals surface area contributed by atoms with Crippen LogP contribution in [0.5, 0.6) is 0 Å². The van der Waals surface area contributed by atoms with Crippen LogP contribution in [0, 0.1) is 11.3 Å². The van der Waals surface area contributed by atoms with E-state index >= 15 is 0 Å². The highest BCUT2D eigenvalue weighted by molar-refractivity contribution is 5.53. The number of nitrogens with zero attached hydrogens (tertiary/aromatic N) is 3.